The Morgan fingerprint density at radius 3 is 2.48 bits per heavy atom. The van der Waals surface area contributed by atoms with Gasteiger partial charge in [-0.15, -0.1) is 0 Å². The highest BCUT2D eigenvalue weighted by Crippen LogP contribution is 2.23. The molecule has 0 unspecified atom stereocenters. The Morgan fingerprint density at radius 2 is 1.86 bits per heavy atom. The molecule has 21 heavy (non-hydrogen) atoms. The van der Waals surface area contributed by atoms with Crippen molar-refractivity contribution in [3.8, 4) is 0 Å². The molecule has 0 aliphatic carbocycles. The second kappa shape index (κ2) is 6.83. The molecule has 1 aliphatic heterocycles. The fourth-order valence-corrected chi connectivity index (χ4v) is 2.63. The van der Waals surface area contributed by atoms with Gasteiger partial charge in [0.25, 0.3) is 0 Å². The number of nitrogens with two attached hydrogens (primary N) is 1. The van der Waals surface area contributed by atoms with Gasteiger partial charge in [-0.2, -0.15) is 0 Å². The second-order valence-electron chi connectivity index (χ2n) is 6.29. The molecule has 2 N–H and O–H groups in total. The molecular weight excluding hydrogens is 260 g/mol. The smallest absolute Gasteiger partial charge is 0.191 e. The molecule has 1 fully saturated rings. The first-order chi connectivity index (χ1) is 9.99. The Balaban J connectivity index is 1.97. The Kier molecular flexibility index (Phi) is 5.10. The van der Waals surface area contributed by atoms with Crippen molar-refractivity contribution in [3.05, 3.63) is 29.3 Å². The van der Waals surface area contributed by atoms with Crippen LogP contribution in [-0.4, -0.2) is 43.6 Å². The van der Waals surface area contributed by atoms with Crippen LogP contribution in [0.25, 0.3) is 0 Å². The molecule has 0 radical (unpaired) electrons. The lowest BCUT2D eigenvalue weighted by atomic mass is 10.1. The second-order valence-corrected chi connectivity index (χ2v) is 6.29. The van der Waals surface area contributed by atoms with E-state index in [2.05, 4.69) is 60.7 Å². The van der Waals surface area contributed by atoms with Crippen LogP contribution in [0.5, 0.6) is 0 Å². The lowest BCUT2D eigenvalue weighted by Gasteiger charge is -2.37. The molecular formula is C17H28N4. The topological polar surface area (TPSA) is 44.9 Å². The Bertz CT molecular complexity index is 500. The maximum absolute atomic E-state index is 6.09. The van der Waals surface area contributed by atoms with Crippen LogP contribution >= 0.6 is 0 Å². The van der Waals surface area contributed by atoms with Gasteiger partial charge < -0.3 is 15.5 Å². The number of anilines is 1. The van der Waals surface area contributed by atoms with Crippen LogP contribution in [-0.2, 0) is 0 Å². The van der Waals surface area contributed by atoms with Gasteiger partial charge in [0.05, 0.1) is 0 Å². The van der Waals surface area contributed by atoms with Crippen LogP contribution in [0.3, 0.4) is 0 Å². The predicted molar refractivity (Wildman–Crippen MR) is 91.0 cm³/mol. The Labute approximate surface area is 128 Å². The average Bonchev–Trinajstić information content (AvgIpc) is 2.48. The van der Waals surface area contributed by atoms with Gasteiger partial charge in [-0.3, -0.25) is 4.99 Å². The van der Waals surface area contributed by atoms with Crippen molar-refractivity contribution in [1.82, 2.24) is 4.90 Å². The van der Waals surface area contributed by atoms with Crippen molar-refractivity contribution < 1.29 is 0 Å². The van der Waals surface area contributed by atoms with Crippen molar-refractivity contribution in [1.29, 1.82) is 0 Å². The third-order valence-electron chi connectivity index (χ3n) is 4.14. The van der Waals surface area contributed by atoms with Gasteiger partial charge >= 0.3 is 0 Å². The van der Waals surface area contributed by atoms with Crippen molar-refractivity contribution >= 4 is 11.6 Å². The molecule has 0 aromatic heterocycles. The van der Waals surface area contributed by atoms with Gasteiger partial charge in [-0.1, -0.05) is 26.0 Å². The predicted octanol–water partition coefficient (Wildman–Crippen LogP) is 2.40. The number of aliphatic imine (C=N–C) groups is 1. The number of nitrogens with zero attached hydrogens (tertiary/aromatic N) is 3. The van der Waals surface area contributed by atoms with E-state index in [9.17, 15) is 0 Å². The van der Waals surface area contributed by atoms with Gasteiger partial charge in [0.1, 0.15) is 0 Å². The molecule has 0 amide bonds. The summed E-state index contributed by atoms with van der Waals surface area (Å²) >= 11 is 0. The van der Waals surface area contributed by atoms with E-state index in [0.717, 1.165) is 32.7 Å². The van der Waals surface area contributed by atoms with Gasteiger partial charge in [-0.25, -0.2) is 0 Å². The lowest BCUT2D eigenvalue weighted by molar-refractivity contribution is 0.379. The van der Waals surface area contributed by atoms with E-state index in [4.69, 9.17) is 5.73 Å². The molecule has 0 atom stereocenters. The fourth-order valence-electron chi connectivity index (χ4n) is 2.63. The van der Waals surface area contributed by atoms with E-state index >= 15 is 0 Å². The Hall–Kier alpha value is -1.71. The molecule has 2 rings (SSSR count). The zero-order valence-electron chi connectivity index (χ0n) is 13.8. The summed E-state index contributed by atoms with van der Waals surface area (Å²) < 4.78 is 0. The van der Waals surface area contributed by atoms with E-state index in [1.165, 1.54) is 16.8 Å². The molecule has 4 heteroatoms. The van der Waals surface area contributed by atoms with Gasteiger partial charge in [0.2, 0.25) is 0 Å². The van der Waals surface area contributed by atoms with Crippen LogP contribution in [0.4, 0.5) is 5.69 Å². The molecule has 4 nitrogen and oxygen atoms in total. The number of benzene rings is 1. The van der Waals surface area contributed by atoms with Crippen LogP contribution in [0.1, 0.15) is 25.0 Å². The standard InChI is InChI=1S/C17H28N4/c1-13(2)12-19-17(18)21-10-8-20(9-11-21)16-7-5-6-14(3)15(16)4/h5-7,13H,8-12H2,1-4H3,(H2,18,19). The van der Waals surface area contributed by atoms with E-state index in [-0.39, 0.29) is 0 Å². The summed E-state index contributed by atoms with van der Waals surface area (Å²) in [7, 11) is 0. The molecule has 0 spiro atoms. The van der Waals surface area contributed by atoms with Crippen LogP contribution < -0.4 is 10.6 Å². The SMILES string of the molecule is Cc1cccc(N2CCN(C(N)=NCC(C)C)CC2)c1C. The van der Waals surface area contributed by atoms with E-state index in [0.29, 0.717) is 11.9 Å². The van der Waals surface area contributed by atoms with E-state index < -0.39 is 0 Å². The fraction of sp³-hybridized carbons (Fsp3) is 0.588. The van der Waals surface area contributed by atoms with E-state index in [1.807, 2.05) is 0 Å². The molecule has 1 aromatic rings. The number of hydrogen-bond acceptors (Lipinski definition) is 2. The minimum Gasteiger partial charge on any atom is -0.370 e. The minimum absolute atomic E-state index is 0.555. The highest BCUT2D eigenvalue weighted by atomic mass is 15.3. The first-order valence-corrected chi connectivity index (χ1v) is 7.85. The van der Waals surface area contributed by atoms with E-state index in [1.54, 1.807) is 0 Å². The van der Waals surface area contributed by atoms with Crippen molar-refractivity contribution in [2.24, 2.45) is 16.6 Å². The molecule has 1 heterocycles. The van der Waals surface area contributed by atoms with Crippen molar-refractivity contribution in [2.75, 3.05) is 37.6 Å². The lowest BCUT2D eigenvalue weighted by Crippen LogP contribution is -2.51. The first-order valence-electron chi connectivity index (χ1n) is 7.85. The normalized spacial score (nSPS) is 16.7. The summed E-state index contributed by atoms with van der Waals surface area (Å²) in [5.74, 6) is 1.25. The summed E-state index contributed by atoms with van der Waals surface area (Å²) in [6.45, 7) is 13.4. The molecule has 1 saturated heterocycles. The van der Waals surface area contributed by atoms with Gasteiger partial charge in [0, 0.05) is 38.4 Å². The van der Waals surface area contributed by atoms with Crippen LogP contribution in [0, 0.1) is 19.8 Å². The molecule has 1 aliphatic rings. The number of piperazine rings is 1. The molecule has 116 valence electrons. The number of guanidine groups is 1. The summed E-state index contributed by atoms with van der Waals surface area (Å²) in [5.41, 5.74) is 10.2. The third kappa shape index (κ3) is 3.90. The quantitative estimate of drug-likeness (QED) is 0.686. The van der Waals surface area contributed by atoms with Crippen molar-refractivity contribution in [3.63, 3.8) is 0 Å². The molecule has 1 aromatic carbocycles. The van der Waals surface area contributed by atoms with Gasteiger partial charge in [-0.05, 0) is 37.0 Å². The first kappa shape index (κ1) is 15.7. The highest BCUT2D eigenvalue weighted by Gasteiger charge is 2.19. The molecule has 0 bridgehead atoms. The average molecular weight is 288 g/mol. The zero-order valence-corrected chi connectivity index (χ0v) is 13.8. The maximum Gasteiger partial charge on any atom is 0.191 e. The van der Waals surface area contributed by atoms with Crippen LogP contribution in [0.2, 0.25) is 0 Å². The van der Waals surface area contributed by atoms with Crippen LogP contribution in [0.15, 0.2) is 23.2 Å². The maximum atomic E-state index is 6.09. The monoisotopic (exact) mass is 288 g/mol. The van der Waals surface area contributed by atoms with Crippen molar-refractivity contribution in [2.45, 2.75) is 27.7 Å². The number of hydrogen-bond donors (Lipinski definition) is 1. The largest absolute Gasteiger partial charge is 0.370 e. The van der Waals surface area contributed by atoms with Gasteiger partial charge in [0.15, 0.2) is 5.96 Å². The minimum atomic E-state index is 0.555. The Morgan fingerprint density at radius 1 is 1.19 bits per heavy atom. The number of rotatable bonds is 3. The molecule has 0 saturated carbocycles. The summed E-state index contributed by atoms with van der Waals surface area (Å²) in [6.07, 6.45) is 0. The number of aryl methyl sites for hydroxylation is 1. The third-order valence-corrected chi connectivity index (χ3v) is 4.14. The summed E-state index contributed by atoms with van der Waals surface area (Å²) in [5, 5.41) is 0. The summed E-state index contributed by atoms with van der Waals surface area (Å²) in [6, 6.07) is 6.53. The summed E-state index contributed by atoms with van der Waals surface area (Å²) in [4.78, 5) is 9.13. The zero-order chi connectivity index (χ0) is 15.4. The highest BCUT2D eigenvalue weighted by molar-refractivity contribution is 5.78.